The summed E-state index contributed by atoms with van der Waals surface area (Å²) in [7, 11) is 0. The van der Waals surface area contributed by atoms with E-state index >= 15 is 0 Å². The van der Waals surface area contributed by atoms with Crippen molar-refractivity contribution in [3.63, 3.8) is 0 Å². The minimum absolute atomic E-state index is 0.0112. The Morgan fingerprint density at radius 1 is 0.867 bits per heavy atom. The van der Waals surface area contributed by atoms with Gasteiger partial charge in [0.15, 0.2) is 5.75 Å². The predicted molar refractivity (Wildman–Crippen MR) is 122 cm³/mol. The van der Waals surface area contributed by atoms with Crippen LogP contribution in [-0.4, -0.2) is 35.3 Å². The molecule has 2 atom stereocenters. The molecule has 2 aromatic heterocycles. The number of fused-ring (bicyclic) bond motifs is 6. The van der Waals surface area contributed by atoms with Crippen LogP contribution in [0.4, 0.5) is 4.39 Å². The largest absolute Gasteiger partial charge is 0.488 e. The van der Waals surface area contributed by atoms with Crippen LogP contribution in [0.3, 0.4) is 0 Å². The Labute approximate surface area is 181 Å². The number of aromatic amines is 2. The van der Waals surface area contributed by atoms with Gasteiger partial charge in [0, 0.05) is 55.2 Å². The molecular formula is C23H18Cl2FN3O. The molecule has 1 aliphatic heterocycles. The monoisotopic (exact) mass is 441 g/mol. The van der Waals surface area contributed by atoms with Gasteiger partial charge in [-0.2, -0.15) is 0 Å². The van der Waals surface area contributed by atoms with E-state index in [4.69, 9.17) is 27.9 Å². The summed E-state index contributed by atoms with van der Waals surface area (Å²) in [5.74, 6) is 0.728. The second-order valence-electron chi connectivity index (χ2n) is 7.93. The maximum absolute atomic E-state index is 13.6. The van der Waals surface area contributed by atoms with E-state index in [9.17, 15) is 4.39 Å². The van der Waals surface area contributed by atoms with Gasteiger partial charge >= 0.3 is 0 Å². The fourth-order valence-electron chi connectivity index (χ4n) is 4.52. The smallest absolute Gasteiger partial charge is 0.167 e. The van der Waals surface area contributed by atoms with Gasteiger partial charge in [0.25, 0.3) is 0 Å². The van der Waals surface area contributed by atoms with Crippen molar-refractivity contribution in [3.8, 4) is 5.75 Å². The highest BCUT2D eigenvalue weighted by molar-refractivity contribution is 6.33. The summed E-state index contributed by atoms with van der Waals surface area (Å²) in [5.41, 5.74) is 3.76. The van der Waals surface area contributed by atoms with E-state index in [1.807, 2.05) is 36.4 Å². The van der Waals surface area contributed by atoms with Crippen molar-refractivity contribution in [3.05, 3.63) is 52.5 Å². The van der Waals surface area contributed by atoms with E-state index in [-0.39, 0.29) is 6.04 Å². The molecule has 0 unspecified atom stereocenters. The Morgan fingerprint density at radius 3 is 2.00 bits per heavy atom. The van der Waals surface area contributed by atoms with Gasteiger partial charge < -0.3 is 20.0 Å². The fourth-order valence-corrected chi connectivity index (χ4v) is 4.87. The van der Waals surface area contributed by atoms with Crippen molar-refractivity contribution in [1.29, 1.82) is 0 Å². The molecule has 0 aliphatic carbocycles. The van der Waals surface area contributed by atoms with Gasteiger partial charge in [0.2, 0.25) is 0 Å². The third-order valence-corrected chi connectivity index (χ3v) is 6.41. The lowest BCUT2D eigenvalue weighted by molar-refractivity contribution is 0.273. The van der Waals surface area contributed by atoms with Crippen molar-refractivity contribution < 1.29 is 9.13 Å². The van der Waals surface area contributed by atoms with Crippen LogP contribution in [0, 0.1) is 0 Å². The molecule has 1 fully saturated rings. The molecule has 3 heterocycles. The molecule has 3 N–H and O–H groups in total. The van der Waals surface area contributed by atoms with E-state index in [2.05, 4.69) is 21.4 Å². The summed E-state index contributed by atoms with van der Waals surface area (Å²) in [4.78, 5) is 6.96. The highest BCUT2D eigenvalue weighted by Crippen LogP contribution is 2.42. The van der Waals surface area contributed by atoms with Gasteiger partial charge in [-0.25, -0.2) is 4.39 Å². The number of rotatable bonds is 3. The number of H-pyrrole nitrogens is 2. The van der Waals surface area contributed by atoms with Crippen LogP contribution in [0.1, 0.15) is 6.42 Å². The van der Waals surface area contributed by atoms with Crippen molar-refractivity contribution in [1.82, 2.24) is 15.3 Å². The Kier molecular flexibility index (Phi) is 4.13. The zero-order chi connectivity index (χ0) is 20.4. The lowest BCUT2D eigenvalue weighted by atomic mass is 10.1. The van der Waals surface area contributed by atoms with E-state index in [0.717, 1.165) is 49.4 Å². The summed E-state index contributed by atoms with van der Waals surface area (Å²) in [5, 5.41) is 8.66. The normalized spacial score (nSPS) is 19.6. The molecule has 0 radical (unpaired) electrons. The minimum atomic E-state index is -0.820. The second kappa shape index (κ2) is 6.77. The number of ether oxygens (including phenoxy) is 1. The number of halogens is 3. The Hall–Kier alpha value is -2.47. The molecular weight excluding hydrogens is 424 g/mol. The van der Waals surface area contributed by atoms with E-state index < -0.39 is 6.17 Å². The third-order valence-electron chi connectivity index (χ3n) is 5.94. The van der Waals surface area contributed by atoms with Crippen LogP contribution in [0.5, 0.6) is 5.75 Å². The highest BCUT2D eigenvalue weighted by atomic mass is 35.5. The molecule has 6 rings (SSSR count). The summed E-state index contributed by atoms with van der Waals surface area (Å²) >= 11 is 12.6. The molecule has 0 amide bonds. The van der Waals surface area contributed by atoms with Gasteiger partial charge in [-0.05, 0) is 48.9 Å². The number of alkyl halides is 1. The van der Waals surface area contributed by atoms with Gasteiger partial charge in [-0.15, -0.1) is 0 Å². The van der Waals surface area contributed by atoms with Crippen molar-refractivity contribution in [2.45, 2.75) is 18.6 Å². The molecule has 0 saturated carbocycles. The van der Waals surface area contributed by atoms with Crippen LogP contribution in [0.25, 0.3) is 43.6 Å². The molecule has 0 bridgehead atoms. The van der Waals surface area contributed by atoms with Crippen LogP contribution in [0.15, 0.2) is 42.5 Å². The first kappa shape index (κ1) is 18.3. The Balaban J connectivity index is 1.62. The van der Waals surface area contributed by atoms with Crippen molar-refractivity contribution in [2.24, 2.45) is 0 Å². The number of benzene rings is 3. The molecule has 1 saturated heterocycles. The zero-order valence-corrected chi connectivity index (χ0v) is 17.4. The van der Waals surface area contributed by atoms with Crippen LogP contribution >= 0.6 is 23.2 Å². The van der Waals surface area contributed by atoms with E-state index in [1.165, 1.54) is 0 Å². The van der Waals surface area contributed by atoms with E-state index in [0.29, 0.717) is 29.6 Å². The topological polar surface area (TPSA) is 52.8 Å². The first-order valence-electron chi connectivity index (χ1n) is 9.92. The lowest BCUT2D eigenvalue weighted by Gasteiger charge is -2.13. The second-order valence-corrected chi connectivity index (χ2v) is 8.80. The Bertz CT molecular complexity index is 1350. The van der Waals surface area contributed by atoms with Gasteiger partial charge in [0.05, 0.1) is 11.0 Å². The average Bonchev–Trinajstić information content (AvgIpc) is 3.40. The highest BCUT2D eigenvalue weighted by Gasteiger charge is 2.25. The summed E-state index contributed by atoms with van der Waals surface area (Å²) < 4.78 is 19.9. The Morgan fingerprint density at radius 2 is 1.47 bits per heavy atom. The maximum Gasteiger partial charge on any atom is 0.167 e. The van der Waals surface area contributed by atoms with Crippen molar-refractivity contribution >= 4 is 66.8 Å². The molecule has 30 heavy (non-hydrogen) atoms. The van der Waals surface area contributed by atoms with Gasteiger partial charge in [-0.1, -0.05) is 23.2 Å². The first-order chi connectivity index (χ1) is 14.6. The fraction of sp³-hybridized carbons (Fsp3) is 0.217. The van der Waals surface area contributed by atoms with Gasteiger partial charge in [-0.3, -0.25) is 0 Å². The summed E-state index contributed by atoms with van der Waals surface area (Å²) in [6.45, 7) is 0.768. The SMILES string of the molecule is F[C@@H]1CN[C@H](COc2c3[nH]c4ccc(Cl)cc4c3cc3c2[nH]c2ccc(Cl)cc23)C1. The maximum atomic E-state index is 13.6. The molecule has 7 heteroatoms. The number of hydrogen-bond acceptors (Lipinski definition) is 2. The molecule has 1 aliphatic rings. The number of nitrogens with one attached hydrogen (secondary N) is 3. The summed E-state index contributed by atoms with van der Waals surface area (Å²) in [6, 6.07) is 13.7. The quantitative estimate of drug-likeness (QED) is 0.305. The standard InChI is InChI=1S/C23H18Cl2FN3O/c24-11-1-3-19-15(5-11)17-8-18-16-6-12(25)2-4-20(16)29-22(18)23(21(17)28-19)30-10-14-7-13(26)9-27-14/h1-6,8,13-14,27-29H,7,9-10H2/t13-,14-/m0/s1. The molecule has 5 aromatic rings. The minimum Gasteiger partial charge on any atom is -0.488 e. The zero-order valence-electron chi connectivity index (χ0n) is 15.9. The first-order valence-corrected chi connectivity index (χ1v) is 10.7. The van der Waals surface area contributed by atoms with Crippen molar-refractivity contribution in [2.75, 3.05) is 13.2 Å². The van der Waals surface area contributed by atoms with Crippen LogP contribution in [-0.2, 0) is 0 Å². The molecule has 0 spiro atoms. The third kappa shape index (κ3) is 2.84. The predicted octanol–water partition coefficient (Wildman–Crippen LogP) is 6.34. The van der Waals surface area contributed by atoms with Gasteiger partial charge in [0.1, 0.15) is 12.8 Å². The lowest BCUT2D eigenvalue weighted by Crippen LogP contribution is -2.28. The number of aromatic nitrogens is 2. The summed E-state index contributed by atoms with van der Waals surface area (Å²) in [6.07, 6.45) is -0.358. The molecule has 4 nitrogen and oxygen atoms in total. The van der Waals surface area contributed by atoms with E-state index in [1.54, 1.807) is 0 Å². The number of hydrogen-bond donors (Lipinski definition) is 3. The average molecular weight is 442 g/mol. The van der Waals surface area contributed by atoms with Crippen LogP contribution < -0.4 is 10.1 Å². The molecule has 152 valence electrons. The molecule has 3 aromatic carbocycles. The van der Waals surface area contributed by atoms with Crippen LogP contribution in [0.2, 0.25) is 10.0 Å².